The van der Waals surface area contributed by atoms with Gasteiger partial charge in [0.1, 0.15) is 11.5 Å². The van der Waals surface area contributed by atoms with Crippen LogP contribution in [0.15, 0.2) is 62.5 Å². The Morgan fingerprint density at radius 1 is 1.15 bits per heavy atom. The Hall–Kier alpha value is -2.28. The lowest BCUT2D eigenvalue weighted by molar-refractivity contribution is 0.0698. The van der Waals surface area contributed by atoms with Gasteiger partial charge in [0, 0.05) is 15.1 Å². The fourth-order valence-electron chi connectivity index (χ4n) is 2.21. The quantitative estimate of drug-likeness (QED) is 0.358. The second-order valence-corrected chi connectivity index (χ2v) is 6.95. The van der Waals surface area contributed by atoms with Crippen molar-refractivity contribution in [3.63, 3.8) is 0 Å². The van der Waals surface area contributed by atoms with Gasteiger partial charge in [0.25, 0.3) is 0 Å². The van der Waals surface area contributed by atoms with E-state index in [0.717, 1.165) is 0 Å². The molecule has 0 aliphatic heterocycles. The summed E-state index contributed by atoms with van der Waals surface area (Å²) in [7, 11) is 0. The van der Waals surface area contributed by atoms with E-state index in [0.29, 0.717) is 37.3 Å². The van der Waals surface area contributed by atoms with Gasteiger partial charge in [-0.05, 0) is 48.5 Å². The Morgan fingerprint density at radius 3 is 2.69 bits per heavy atom. The number of hydrazone groups is 1. The predicted molar refractivity (Wildman–Crippen MR) is 106 cm³/mol. The molecule has 26 heavy (non-hydrogen) atoms. The second-order valence-electron chi connectivity index (χ2n) is 5.19. The highest BCUT2D eigenvalue weighted by Gasteiger charge is 2.11. The van der Waals surface area contributed by atoms with E-state index >= 15 is 0 Å². The summed E-state index contributed by atoms with van der Waals surface area (Å²) in [5.74, 6) is -0.00264. The van der Waals surface area contributed by atoms with E-state index in [4.69, 9.17) is 27.6 Å². The molecule has 3 aromatic rings. The number of hydrogen-bond donors (Lipinski definition) is 2. The minimum Gasteiger partial charge on any atom is -0.478 e. The van der Waals surface area contributed by atoms with Crippen LogP contribution in [-0.4, -0.2) is 17.3 Å². The van der Waals surface area contributed by atoms with Crippen LogP contribution in [0.25, 0.3) is 11.3 Å². The molecule has 0 radical (unpaired) electrons. The second kappa shape index (κ2) is 7.95. The maximum Gasteiger partial charge on any atom is 0.337 e. The smallest absolute Gasteiger partial charge is 0.337 e. The van der Waals surface area contributed by atoms with Crippen molar-refractivity contribution >= 4 is 57.0 Å². The molecule has 0 atom stereocenters. The molecule has 0 unspecified atom stereocenters. The Kier molecular flexibility index (Phi) is 5.66. The molecule has 1 heterocycles. The number of anilines is 1. The Labute approximate surface area is 167 Å². The van der Waals surface area contributed by atoms with Crippen LogP contribution in [0.4, 0.5) is 5.69 Å². The maximum absolute atomic E-state index is 11.3. The van der Waals surface area contributed by atoms with Crippen molar-refractivity contribution in [3.8, 4) is 11.3 Å². The zero-order valence-electron chi connectivity index (χ0n) is 13.0. The van der Waals surface area contributed by atoms with E-state index in [-0.39, 0.29) is 5.56 Å². The van der Waals surface area contributed by atoms with Crippen LogP contribution in [0.2, 0.25) is 10.0 Å². The first kappa shape index (κ1) is 18.5. The van der Waals surface area contributed by atoms with E-state index in [9.17, 15) is 9.90 Å². The summed E-state index contributed by atoms with van der Waals surface area (Å²) in [5.41, 5.74) is 3.88. The first-order chi connectivity index (χ1) is 12.4. The highest BCUT2D eigenvalue weighted by atomic mass is 79.9. The van der Waals surface area contributed by atoms with Crippen LogP contribution in [0.3, 0.4) is 0 Å². The molecule has 0 aliphatic carbocycles. The molecule has 1 aromatic heterocycles. The Balaban J connectivity index is 1.77. The molecule has 5 nitrogen and oxygen atoms in total. The van der Waals surface area contributed by atoms with Crippen molar-refractivity contribution in [2.24, 2.45) is 5.10 Å². The lowest BCUT2D eigenvalue weighted by Gasteiger charge is -2.05. The predicted octanol–water partition coefficient (Wildman–Crippen LogP) is 6.16. The van der Waals surface area contributed by atoms with E-state index < -0.39 is 5.97 Å². The standard InChI is InChI=1S/C18H11BrCl2N2O3/c19-10-1-5-16(14(7-10)18(24)25)23-22-9-12-3-6-17(26-12)13-4-2-11(20)8-15(13)21/h1-9,23H,(H,24,25). The van der Waals surface area contributed by atoms with Crippen molar-refractivity contribution in [2.45, 2.75) is 0 Å². The molecule has 2 N–H and O–H groups in total. The number of benzene rings is 2. The first-order valence-corrected chi connectivity index (χ1v) is 8.86. The van der Waals surface area contributed by atoms with Crippen LogP contribution >= 0.6 is 39.1 Å². The number of halogens is 3. The number of carboxylic acid groups (broad SMARTS) is 1. The molecule has 0 fully saturated rings. The van der Waals surface area contributed by atoms with Crippen LogP contribution in [0.5, 0.6) is 0 Å². The monoisotopic (exact) mass is 452 g/mol. The molecule has 0 saturated carbocycles. The minimum absolute atomic E-state index is 0.101. The van der Waals surface area contributed by atoms with Crippen molar-refractivity contribution in [1.82, 2.24) is 0 Å². The van der Waals surface area contributed by atoms with E-state index in [2.05, 4.69) is 26.5 Å². The van der Waals surface area contributed by atoms with Gasteiger partial charge in [-0.1, -0.05) is 39.1 Å². The maximum atomic E-state index is 11.3. The van der Waals surface area contributed by atoms with Gasteiger partial charge in [0.05, 0.1) is 22.5 Å². The molecule has 0 aliphatic rings. The summed E-state index contributed by atoms with van der Waals surface area (Å²) in [6.45, 7) is 0. The number of rotatable bonds is 5. The fourth-order valence-corrected chi connectivity index (χ4v) is 3.08. The molecule has 132 valence electrons. The minimum atomic E-state index is -1.05. The molecule has 8 heteroatoms. The van der Waals surface area contributed by atoms with Gasteiger partial charge in [-0.3, -0.25) is 5.43 Å². The fraction of sp³-hybridized carbons (Fsp3) is 0. The van der Waals surface area contributed by atoms with Crippen molar-refractivity contribution in [2.75, 3.05) is 5.43 Å². The molecule has 0 bridgehead atoms. The third kappa shape index (κ3) is 4.27. The van der Waals surface area contributed by atoms with Crippen LogP contribution in [0, 0.1) is 0 Å². The number of nitrogens with one attached hydrogen (secondary N) is 1. The van der Waals surface area contributed by atoms with Gasteiger partial charge in [0.2, 0.25) is 0 Å². The molecule has 0 amide bonds. The summed E-state index contributed by atoms with van der Waals surface area (Å²) < 4.78 is 6.35. The van der Waals surface area contributed by atoms with Gasteiger partial charge in [-0.2, -0.15) is 5.10 Å². The first-order valence-electron chi connectivity index (χ1n) is 7.31. The summed E-state index contributed by atoms with van der Waals surface area (Å²) in [6.07, 6.45) is 1.45. The zero-order valence-corrected chi connectivity index (χ0v) is 16.1. The van der Waals surface area contributed by atoms with Crippen LogP contribution < -0.4 is 5.43 Å². The van der Waals surface area contributed by atoms with Crippen molar-refractivity contribution in [1.29, 1.82) is 0 Å². The molecule has 0 saturated heterocycles. The largest absolute Gasteiger partial charge is 0.478 e. The summed E-state index contributed by atoms with van der Waals surface area (Å²) in [5, 5.41) is 14.3. The van der Waals surface area contributed by atoms with E-state index in [1.54, 1.807) is 42.5 Å². The molecular formula is C18H11BrCl2N2O3. The third-order valence-electron chi connectivity index (χ3n) is 3.41. The van der Waals surface area contributed by atoms with E-state index in [1.807, 2.05) is 0 Å². The van der Waals surface area contributed by atoms with Gasteiger partial charge in [-0.15, -0.1) is 0 Å². The van der Waals surface area contributed by atoms with Crippen LogP contribution in [0.1, 0.15) is 16.1 Å². The summed E-state index contributed by atoms with van der Waals surface area (Å²) in [6, 6.07) is 13.4. The molecule has 3 rings (SSSR count). The number of hydrogen-bond acceptors (Lipinski definition) is 4. The highest BCUT2D eigenvalue weighted by Crippen LogP contribution is 2.31. The topological polar surface area (TPSA) is 74.8 Å². The lowest BCUT2D eigenvalue weighted by Crippen LogP contribution is -2.02. The summed E-state index contributed by atoms with van der Waals surface area (Å²) >= 11 is 15.3. The van der Waals surface area contributed by atoms with Gasteiger partial charge in [-0.25, -0.2) is 4.79 Å². The lowest BCUT2D eigenvalue weighted by atomic mass is 10.2. The van der Waals surface area contributed by atoms with Crippen LogP contribution in [-0.2, 0) is 0 Å². The van der Waals surface area contributed by atoms with Gasteiger partial charge in [0.15, 0.2) is 0 Å². The number of furan rings is 1. The highest BCUT2D eigenvalue weighted by molar-refractivity contribution is 9.10. The third-order valence-corrected chi connectivity index (χ3v) is 4.45. The van der Waals surface area contributed by atoms with Gasteiger partial charge >= 0.3 is 5.97 Å². The number of nitrogens with zero attached hydrogens (tertiary/aromatic N) is 1. The Morgan fingerprint density at radius 2 is 1.96 bits per heavy atom. The average Bonchev–Trinajstić information content (AvgIpc) is 3.04. The van der Waals surface area contributed by atoms with E-state index in [1.165, 1.54) is 12.3 Å². The van der Waals surface area contributed by atoms with Crippen molar-refractivity contribution in [3.05, 3.63) is 74.4 Å². The molecule has 0 spiro atoms. The zero-order chi connectivity index (χ0) is 18.7. The molecule has 2 aromatic carbocycles. The number of carbonyl (C=O) groups is 1. The normalized spacial score (nSPS) is 11.0. The SMILES string of the molecule is O=C(O)c1cc(Br)ccc1NN=Cc1ccc(-c2ccc(Cl)cc2Cl)o1. The number of carboxylic acids is 1. The average molecular weight is 454 g/mol. The Bertz CT molecular complexity index is 1000. The number of aromatic carboxylic acids is 1. The van der Waals surface area contributed by atoms with Crippen molar-refractivity contribution < 1.29 is 14.3 Å². The van der Waals surface area contributed by atoms with Gasteiger partial charge < -0.3 is 9.52 Å². The molecular weight excluding hydrogens is 443 g/mol. The summed E-state index contributed by atoms with van der Waals surface area (Å²) in [4.78, 5) is 11.3.